The van der Waals surface area contributed by atoms with E-state index in [0.29, 0.717) is 6.29 Å². The Labute approximate surface area is 65.6 Å². The third-order valence-corrected chi connectivity index (χ3v) is 1.30. The maximum Gasteiger partial charge on any atom is 0.225 e. The van der Waals surface area contributed by atoms with Gasteiger partial charge in [0.2, 0.25) is 5.91 Å². The summed E-state index contributed by atoms with van der Waals surface area (Å²) in [6.07, 6.45) is 0.641. The molecular weight excluding hydrogens is 146 g/mol. The maximum absolute atomic E-state index is 10.9. The first-order valence-electron chi connectivity index (χ1n) is 3.48. The Morgan fingerprint density at radius 1 is 1.64 bits per heavy atom. The summed E-state index contributed by atoms with van der Waals surface area (Å²) in [5.74, 6) is -0.746. The highest BCUT2D eigenvalue weighted by Gasteiger charge is 2.12. The van der Waals surface area contributed by atoms with Gasteiger partial charge >= 0.3 is 0 Å². The van der Waals surface area contributed by atoms with Crippen LogP contribution in [0.4, 0.5) is 0 Å². The second kappa shape index (κ2) is 4.85. The Morgan fingerprint density at radius 2 is 2.18 bits per heavy atom. The zero-order valence-electron chi connectivity index (χ0n) is 6.70. The molecular formula is C7H13NO3. The SMILES string of the molecule is C[C@H](CO)C(=O)N[C@@H](C)C=O. The van der Waals surface area contributed by atoms with Crippen LogP contribution in [0.5, 0.6) is 0 Å². The molecule has 0 aromatic carbocycles. The molecule has 1 amide bonds. The van der Waals surface area contributed by atoms with E-state index < -0.39 is 12.0 Å². The number of nitrogens with one attached hydrogen (secondary N) is 1. The standard InChI is InChI=1S/C7H13NO3/c1-5(3-9)7(11)8-6(2)4-10/h4-6,9H,3H2,1-2H3,(H,8,11)/t5-,6+/m1/s1. The van der Waals surface area contributed by atoms with Crippen LogP contribution in [0.3, 0.4) is 0 Å². The molecule has 0 rings (SSSR count). The second-order valence-corrected chi connectivity index (χ2v) is 2.52. The number of carbonyl (C=O) groups excluding carboxylic acids is 2. The fourth-order valence-corrected chi connectivity index (χ4v) is 0.484. The van der Waals surface area contributed by atoms with Crippen molar-refractivity contribution in [3.8, 4) is 0 Å². The number of amides is 1. The van der Waals surface area contributed by atoms with E-state index in [4.69, 9.17) is 5.11 Å². The maximum atomic E-state index is 10.9. The summed E-state index contributed by atoms with van der Waals surface area (Å²) in [5.41, 5.74) is 0. The molecule has 0 aromatic heterocycles. The van der Waals surface area contributed by atoms with Crippen LogP contribution in [-0.4, -0.2) is 29.9 Å². The molecule has 0 fully saturated rings. The van der Waals surface area contributed by atoms with Gasteiger partial charge in [-0.15, -0.1) is 0 Å². The number of aliphatic hydroxyl groups is 1. The number of hydrogen-bond acceptors (Lipinski definition) is 3. The van der Waals surface area contributed by atoms with Crippen LogP contribution in [0.25, 0.3) is 0 Å². The van der Waals surface area contributed by atoms with Gasteiger partial charge in [-0.05, 0) is 6.92 Å². The van der Waals surface area contributed by atoms with Crippen LogP contribution in [0, 0.1) is 5.92 Å². The molecule has 4 nitrogen and oxygen atoms in total. The monoisotopic (exact) mass is 159 g/mol. The first-order chi connectivity index (χ1) is 5.11. The van der Waals surface area contributed by atoms with Gasteiger partial charge in [-0.3, -0.25) is 4.79 Å². The molecule has 0 heterocycles. The van der Waals surface area contributed by atoms with Crippen molar-refractivity contribution in [2.45, 2.75) is 19.9 Å². The largest absolute Gasteiger partial charge is 0.396 e. The summed E-state index contributed by atoms with van der Waals surface area (Å²) in [5, 5.41) is 11.0. The average molecular weight is 159 g/mol. The van der Waals surface area contributed by atoms with Crippen LogP contribution in [0.15, 0.2) is 0 Å². The van der Waals surface area contributed by atoms with Crippen LogP contribution < -0.4 is 5.32 Å². The average Bonchev–Trinajstić information content (AvgIpc) is 2.02. The van der Waals surface area contributed by atoms with Crippen molar-refractivity contribution >= 4 is 12.2 Å². The van der Waals surface area contributed by atoms with E-state index >= 15 is 0 Å². The smallest absolute Gasteiger partial charge is 0.225 e. The van der Waals surface area contributed by atoms with Crippen molar-refractivity contribution in [3.63, 3.8) is 0 Å². The zero-order valence-corrected chi connectivity index (χ0v) is 6.70. The Bertz CT molecular complexity index is 147. The van der Waals surface area contributed by atoms with Crippen LogP contribution in [0.2, 0.25) is 0 Å². The minimum Gasteiger partial charge on any atom is -0.396 e. The van der Waals surface area contributed by atoms with Gasteiger partial charge in [0.1, 0.15) is 6.29 Å². The zero-order chi connectivity index (χ0) is 8.85. The van der Waals surface area contributed by atoms with Crippen molar-refractivity contribution in [1.29, 1.82) is 0 Å². The lowest BCUT2D eigenvalue weighted by Gasteiger charge is -2.10. The number of hydrogen-bond donors (Lipinski definition) is 2. The normalized spacial score (nSPS) is 15.2. The Hall–Kier alpha value is -0.900. The molecule has 0 aliphatic heterocycles. The molecule has 0 radical (unpaired) electrons. The molecule has 0 saturated carbocycles. The van der Waals surface area contributed by atoms with Crippen LogP contribution in [-0.2, 0) is 9.59 Å². The predicted octanol–water partition coefficient (Wildman–Crippen LogP) is -0.682. The van der Waals surface area contributed by atoms with Crippen LogP contribution >= 0.6 is 0 Å². The Balaban J connectivity index is 3.76. The van der Waals surface area contributed by atoms with E-state index in [2.05, 4.69) is 5.32 Å². The first-order valence-corrected chi connectivity index (χ1v) is 3.48. The minimum atomic E-state index is -0.475. The highest BCUT2D eigenvalue weighted by Crippen LogP contribution is 1.92. The van der Waals surface area contributed by atoms with E-state index in [0.717, 1.165) is 0 Å². The van der Waals surface area contributed by atoms with E-state index in [9.17, 15) is 9.59 Å². The van der Waals surface area contributed by atoms with Gasteiger partial charge in [0.25, 0.3) is 0 Å². The molecule has 0 spiro atoms. The van der Waals surface area contributed by atoms with E-state index in [-0.39, 0.29) is 12.5 Å². The summed E-state index contributed by atoms with van der Waals surface area (Å²) in [6, 6.07) is -0.475. The molecule has 2 atom stereocenters. The molecule has 11 heavy (non-hydrogen) atoms. The van der Waals surface area contributed by atoms with Crippen molar-refractivity contribution in [1.82, 2.24) is 5.32 Å². The van der Waals surface area contributed by atoms with E-state index in [1.165, 1.54) is 0 Å². The molecule has 0 aliphatic rings. The summed E-state index contributed by atoms with van der Waals surface area (Å²) in [4.78, 5) is 21.0. The quantitative estimate of drug-likeness (QED) is 0.534. The third kappa shape index (κ3) is 3.72. The van der Waals surface area contributed by atoms with Crippen LogP contribution in [0.1, 0.15) is 13.8 Å². The molecule has 0 saturated heterocycles. The van der Waals surface area contributed by atoms with Gasteiger partial charge < -0.3 is 15.2 Å². The number of aliphatic hydroxyl groups excluding tert-OH is 1. The lowest BCUT2D eigenvalue weighted by atomic mass is 10.2. The molecule has 0 aromatic rings. The van der Waals surface area contributed by atoms with E-state index in [1.54, 1.807) is 13.8 Å². The van der Waals surface area contributed by atoms with E-state index in [1.807, 2.05) is 0 Å². The molecule has 4 heteroatoms. The first kappa shape index (κ1) is 10.1. The fraction of sp³-hybridized carbons (Fsp3) is 0.714. The summed E-state index contributed by atoms with van der Waals surface area (Å²) in [6.45, 7) is 2.97. The number of aldehydes is 1. The Kier molecular flexibility index (Phi) is 4.45. The topological polar surface area (TPSA) is 66.4 Å². The summed E-state index contributed by atoms with van der Waals surface area (Å²) >= 11 is 0. The molecule has 0 bridgehead atoms. The molecule has 0 aliphatic carbocycles. The highest BCUT2D eigenvalue weighted by molar-refractivity contribution is 5.81. The fourth-order valence-electron chi connectivity index (χ4n) is 0.484. The summed E-state index contributed by atoms with van der Waals surface area (Å²) < 4.78 is 0. The van der Waals surface area contributed by atoms with Crippen molar-refractivity contribution in [2.24, 2.45) is 5.92 Å². The highest BCUT2D eigenvalue weighted by atomic mass is 16.3. The molecule has 2 N–H and O–H groups in total. The molecule has 0 unspecified atom stereocenters. The Morgan fingerprint density at radius 3 is 2.55 bits per heavy atom. The summed E-state index contributed by atoms with van der Waals surface area (Å²) in [7, 11) is 0. The molecule has 64 valence electrons. The number of rotatable bonds is 4. The van der Waals surface area contributed by atoms with Gasteiger partial charge in [-0.1, -0.05) is 6.92 Å². The van der Waals surface area contributed by atoms with Gasteiger partial charge in [0.05, 0.1) is 18.6 Å². The van der Waals surface area contributed by atoms with Gasteiger partial charge in [-0.2, -0.15) is 0 Å². The minimum absolute atomic E-state index is 0.197. The third-order valence-electron chi connectivity index (χ3n) is 1.30. The van der Waals surface area contributed by atoms with Crippen molar-refractivity contribution in [2.75, 3.05) is 6.61 Å². The van der Waals surface area contributed by atoms with Crippen molar-refractivity contribution < 1.29 is 14.7 Å². The lowest BCUT2D eigenvalue weighted by Crippen LogP contribution is -2.38. The van der Waals surface area contributed by atoms with Gasteiger partial charge in [0, 0.05) is 0 Å². The number of carbonyl (C=O) groups is 2. The van der Waals surface area contributed by atoms with Gasteiger partial charge in [0.15, 0.2) is 0 Å². The second-order valence-electron chi connectivity index (χ2n) is 2.52. The van der Waals surface area contributed by atoms with Crippen molar-refractivity contribution in [3.05, 3.63) is 0 Å². The lowest BCUT2D eigenvalue weighted by molar-refractivity contribution is -0.127. The predicted molar refractivity (Wildman–Crippen MR) is 39.9 cm³/mol. The van der Waals surface area contributed by atoms with Gasteiger partial charge in [-0.25, -0.2) is 0 Å².